The first-order valence-electron chi connectivity index (χ1n) is 6.11. The van der Waals surface area contributed by atoms with Crippen molar-refractivity contribution >= 4 is 23.3 Å². The van der Waals surface area contributed by atoms with Crippen molar-refractivity contribution in [2.24, 2.45) is 0 Å². The van der Waals surface area contributed by atoms with Crippen molar-refractivity contribution in [3.05, 3.63) is 22.2 Å². The maximum atomic E-state index is 11.3. The molecule has 2 atom stereocenters. The van der Waals surface area contributed by atoms with Gasteiger partial charge in [0, 0.05) is 11.5 Å². The fraction of sp³-hybridized carbons (Fsp3) is 0.462. The molecule has 2 aliphatic rings. The van der Waals surface area contributed by atoms with Gasteiger partial charge >= 0.3 is 5.97 Å². The Labute approximate surface area is 110 Å². The van der Waals surface area contributed by atoms with Crippen LogP contribution in [0.1, 0.15) is 47.5 Å². The number of hydrogen-bond acceptors (Lipinski definition) is 3. The van der Waals surface area contributed by atoms with Gasteiger partial charge in [-0.05, 0) is 25.3 Å². The number of benzene rings is 1. The largest absolute Gasteiger partial charge is 0.488 e. The van der Waals surface area contributed by atoms with Gasteiger partial charge in [-0.15, -0.1) is 0 Å². The summed E-state index contributed by atoms with van der Waals surface area (Å²) in [6.45, 7) is 0. The molecule has 1 heterocycles. The Balaban J connectivity index is 2.19. The molecular formula is C13H14ClNO3. The summed E-state index contributed by atoms with van der Waals surface area (Å²) in [6, 6.07) is 1.38. The van der Waals surface area contributed by atoms with Crippen LogP contribution in [0.2, 0.25) is 5.02 Å². The fourth-order valence-electron chi connectivity index (χ4n) is 3.04. The smallest absolute Gasteiger partial charge is 0.339 e. The number of hydrogen-bond donors (Lipinski definition) is 2. The van der Waals surface area contributed by atoms with Crippen molar-refractivity contribution < 1.29 is 14.6 Å². The van der Waals surface area contributed by atoms with E-state index >= 15 is 0 Å². The molecule has 0 radical (unpaired) electrons. The molecule has 1 fully saturated rings. The molecule has 0 amide bonds. The number of rotatable bonds is 1. The van der Waals surface area contributed by atoms with Gasteiger partial charge in [0.15, 0.2) is 0 Å². The van der Waals surface area contributed by atoms with E-state index < -0.39 is 5.97 Å². The van der Waals surface area contributed by atoms with E-state index in [9.17, 15) is 9.90 Å². The number of anilines is 1. The molecule has 18 heavy (non-hydrogen) atoms. The lowest BCUT2D eigenvalue weighted by atomic mass is 9.82. The van der Waals surface area contributed by atoms with Crippen LogP contribution in [0.15, 0.2) is 6.07 Å². The molecule has 1 aromatic carbocycles. The molecule has 2 unspecified atom stereocenters. The maximum absolute atomic E-state index is 11.3. The quantitative estimate of drug-likeness (QED) is 0.767. The minimum absolute atomic E-state index is 0.0626. The number of carboxylic acids is 1. The van der Waals surface area contributed by atoms with Crippen LogP contribution in [0.25, 0.3) is 0 Å². The van der Waals surface area contributed by atoms with Gasteiger partial charge in [0.25, 0.3) is 0 Å². The van der Waals surface area contributed by atoms with Gasteiger partial charge in [0.2, 0.25) is 0 Å². The van der Waals surface area contributed by atoms with E-state index in [4.69, 9.17) is 22.1 Å². The first kappa shape index (κ1) is 11.7. The van der Waals surface area contributed by atoms with Gasteiger partial charge in [0.05, 0.1) is 10.7 Å². The molecule has 1 aromatic rings. The number of aromatic carboxylic acids is 1. The average Bonchev–Trinajstić information content (AvgIpc) is 2.72. The summed E-state index contributed by atoms with van der Waals surface area (Å²) in [5, 5.41) is 9.52. The van der Waals surface area contributed by atoms with Gasteiger partial charge in [0.1, 0.15) is 17.4 Å². The molecule has 5 heteroatoms. The number of carbonyl (C=O) groups is 1. The SMILES string of the molecule is Nc1c(Cl)cc(C(=O)O)c2c1C1CCCCC1O2. The normalized spacial score (nSPS) is 25.2. The van der Waals surface area contributed by atoms with Gasteiger partial charge in [-0.1, -0.05) is 18.0 Å². The minimum atomic E-state index is -1.02. The molecular weight excluding hydrogens is 254 g/mol. The van der Waals surface area contributed by atoms with Crippen molar-refractivity contribution in [3.63, 3.8) is 0 Å². The second kappa shape index (κ2) is 4.05. The van der Waals surface area contributed by atoms with E-state index in [0.29, 0.717) is 16.5 Å². The molecule has 4 nitrogen and oxygen atoms in total. The molecule has 0 saturated heterocycles. The van der Waals surface area contributed by atoms with Crippen LogP contribution >= 0.6 is 11.6 Å². The predicted molar refractivity (Wildman–Crippen MR) is 68.4 cm³/mol. The zero-order valence-corrected chi connectivity index (χ0v) is 10.5. The van der Waals surface area contributed by atoms with Gasteiger partial charge in [-0.25, -0.2) is 4.79 Å². The average molecular weight is 268 g/mol. The molecule has 3 N–H and O–H groups in total. The number of ether oxygens (including phenoxy) is 1. The third-order valence-electron chi connectivity index (χ3n) is 3.88. The van der Waals surface area contributed by atoms with Crippen molar-refractivity contribution in [1.82, 2.24) is 0 Å². The number of nitrogen functional groups attached to an aromatic ring is 1. The summed E-state index contributed by atoms with van der Waals surface area (Å²) >= 11 is 6.03. The minimum Gasteiger partial charge on any atom is -0.488 e. The Morgan fingerprint density at radius 2 is 2.17 bits per heavy atom. The summed E-state index contributed by atoms with van der Waals surface area (Å²) < 4.78 is 5.82. The lowest BCUT2D eigenvalue weighted by Crippen LogP contribution is -2.22. The van der Waals surface area contributed by atoms with Gasteiger partial charge < -0.3 is 15.6 Å². The van der Waals surface area contributed by atoms with Gasteiger partial charge in [-0.2, -0.15) is 0 Å². The molecule has 3 rings (SSSR count). The maximum Gasteiger partial charge on any atom is 0.339 e. The first-order chi connectivity index (χ1) is 8.59. The molecule has 96 valence electrons. The molecule has 1 aliphatic heterocycles. The van der Waals surface area contributed by atoms with E-state index in [1.54, 1.807) is 0 Å². The molecule has 0 bridgehead atoms. The Bertz CT molecular complexity index is 529. The summed E-state index contributed by atoms with van der Waals surface area (Å²) in [7, 11) is 0. The summed E-state index contributed by atoms with van der Waals surface area (Å²) in [5.74, 6) is -0.390. The van der Waals surface area contributed by atoms with Crippen LogP contribution in [0.5, 0.6) is 5.75 Å². The van der Waals surface area contributed by atoms with E-state index in [0.717, 1.165) is 31.2 Å². The molecule has 1 saturated carbocycles. The van der Waals surface area contributed by atoms with Crippen LogP contribution in [0, 0.1) is 0 Å². The number of nitrogens with two attached hydrogens (primary N) is 1. The summed E-state index contributed by atoms with van der Waals surface area (Å²) in [5.41, 5.74) is 7.42. The Hall–Kier alpha value is -1.42. The van der Waals surface area contributed by atoms with Crippen LogP contribution in [-0.2, 0) is 0 Å². The fourth-order valence-corrected chi connectivity index (χ4v) is 3.25. The first-order valence-corrected chi connectivity index (χ1v) is 6.49. The Kier molecular flexibility index (Phi) is 2.63. The third-order valence-corrected chi connectivity index (χ3v) is 4.19. The second-order valence-corrected chi connectivity index (χ2v) is 5.32. The van der Waals surface area contributed by atoms with Gasteiger partial charge in [-0.3, -0.25) is 0 Å². The van der Waals surface area contributed by atoms with Crippen molar-refractivity contribution in [1.29, 1.82) is 0 Å². The van der Waals surface area contributed by atoms with Crippen molar-refractivity contribution in [3.8, 4) is 5.75 Å². The van der Waals surface area contributed by atoms with E-state index in [1.807, 2.05) is 0 Å². The topological polar surface area (TPSA) is 72.6 Å². The highest BCUT2D eigenvalue weighted by Gasteiger charge is 2.40. The number of carboxylic acid groups (broad SMARTS) is 1. The molecule has 0 spiro atoms. The van der Waals surface area contributed by atoms with E-state index in [2.05, 4.69) is 0 Å². The highest BCUT2D eigenvalue weighted by molar-refractivity contribution is 6.33. The molecule has 0 aromatic heterocycles. The Morgan fingerprint density at radius 3 is 2.89 bits per heavy atom. The summed E-state index contributed by atoms with van der Waals surface area (Å²) in [6.07, 6.45) is 4.24. The number of halogens is 1. The highest BCUT2D eigenvalue weighted by Crippen LogP contribution is 2.51. The standard InChI is InChI=1S/C13H14ClNO3/c14-8-5-7(13(16)17)12-10(11(8)15)6-3-1-2-4-9(6)18-12/h5-6,9H,1-4,15H2,(H,16,17). The second-order valence-electron chi connectivity index (χ2n) is 4.91. The lowest BCUT2D eigenvalue weighted by molar-refractivity contribution is 0.0689. The van der Waals surface area contributed by atoms with Crippen molar-refractivity contribution in [2.75, 3.05) is 5.73 Å². The van der Waals surface area contributed by atoms with E-state index in [1.165, 1.54) is 6.07 Å². The highest BCUT2D eigenvalue weighted by atomic mass is 35.5. The van der Waals surface area contributed by atoms with Crippen LogP contribution in [-0.4, -0.2) is 17.2 Å². The summed E-state index contributed by atoms with van der Waals surface area (Å²) in [4.78, 5) is 11.3. The monoisotopic (exact) mass is 267 g/mol. The van der Waals surface area contributed by atoms with Crippen molar-refractivity contribution in [2.45, 2.75) is 37.7 Å². The zero-order chi connectivity index (χ0) is 12.9. The predicted octanol–water partition coefficient (Wildman–Crippen LogP) is 3.04. The third kappa shape index (κ3) is 1.56. The lowest BCUT2D eigenvalue weighted by Gasteiger charge is -2.24. The number of fused-ring (bicyclic) bond motifs is 3. The Morgan fingerprint density at radius 1 is 1.44 bits per heavy atom. The van der Waals surface area contributed by atoms with Crippen LogP contribution in [0.4, 0.5) is 5.69 Å². The van der Waals surface area contributed by atoms with Crippen LogP contribution in [0.3, 0.4) is 0 Å². The van der Waals surface area contributed by atoms with Crippen LogP contribution < -0.4 is 10.5 Å². The van der Waals surface area contributed by atoms with E-state index in [-0.39, 0.29) is 17.6 Å². The molecule has 1 aliphatic carbocycles. The zero-order valence-electron chi connectivity index (χ0n) is 9.78.